The molecule has 1 aromatic heterocycles. The van der Waals surface area contributed by atoms with Gasteiger partial charge in [0.05, 0.1) is 11.4 Å². The second kappa shape index (κ2) is 5.96. The van der Waals surface area contributed by atoms with Gasteiger partial charge in [-0.1, -0.05) is 31.2 Å². The fraction of sp³-hybridized carbons (Fsp3) is 0.235. The normalized spacial score (nSPS) is 16.3. The van der Waals surface area contributed by atoms with Crippen LogP contribution in [-0.2, 0) is 18.3 Å². The minimum Gasteiger partial charge on any atom is -0.327 e. The van der Waals surface area contributed by atoms with Crippen LogP contribution in [0, 0.1) is 6.92 Å². The minimum atomic E-state index is -0.161. The van der Waals surface area contributed by atoms with E-state index in [-0.39, 0.29) is 5.91 Å². The molecule has 1 fully saturated rings. The fourth-order valence-corrected chi connectivity index (χ4v) is 2.87. The number of thiocarbonyl (C=S) groups is 1. The van der Waals surface area contributed by atoms with E-state index in [0.29, 0.717) is 16.5 Å². The highest BCUT2D eigenvalue weighted by atomic mass is 32.1. The summed E-state index contributed by atoms with van der Waals surface area (Å²) in [5.41, 5.74) is 4.17. The second-order valence-electron chi connectivity index (χ2n) is 5.50. The summed E-state index contributed by atoms with van der Waals surface area (Å²) in [4.78, 5) is 14.2. The Morgan fingerprint density at radius 2 is 2.00 bits per heavy atom. The van der Waals surface area contributed by atoms with Crippen LogP contribution >= 0.6 is 12.2 Å². The Balaban J connectivity index is 1.91. The molecule has 118 valence electrons. The lowest BCUT2D eigenvalue weighted by atomic mass is 10.1. The lowest BCUT2D eigenvalue weighted by Crippen LogP contribution is -2.30. The van der Waals surface area contributed by atoms with Crippen molar-refractivity contribution in [1.82, 2.24) is 15.1 Å². The lowest BCUT2D eigenvalue weighted by Gasteiger charge is -2.11. The number of carbonyl (C=O) groups excluding carboxylic acids is 1. The standard InChI is InChI=1S/C17H18N4OS/c1-4-12-5-7-13(8-6-12)9-14-16(22)21(17(23)18-14)15-10-20(3)19-11(15)2/h5-10H,4H2,1-3H3,(H,18,23)/b14-9+. The Kier molecular flexibility index (Phi) is 4.00. The molecule has 2 heterocycles. The van der Waals surface area contributed by atoms with E-state index < -0.39 is 0 Å². The van der Waals surface area contributed by atoms with Gasteiger partial charge in [-0.05, 0) is 42.8 Å². The van der Waals surface area contributed by atoms with Crippen molar-refractivity contribution in [1.29, 1.82) is 0 Å². The minimum absolute atomic E-state index is 0.161. The molecule has 0 bridgehead atoms. The summed E-state index contributed by atoms with van der Waals surface area (Å²) in [7, 11) is 1.82. The Morgan fingerprint density at radius 3 is 2.57 bits per heavy atom. The van der Waals surface area contributed by atoms with Crippen molar-refractivity contribution in [2.24, 2.45) is 7.05 Å². The van der Waals surface area contributed by atoms with E-state index >= 15 is 0 Å². The zero-order chi connectivity index (χ0) is 16.6. The summed E-state index contributed by atoms with van der Waals surface area (Å²) in [6, 6.07) is 8.13. The van der Waals surface area contributed by atoms with Crippen molar-refractivity contribution in [3.63, 3.8) is 0 Å². The van der Waals surface area contributed by atoms with Crippen LogP contribution in [0.4, 0.5) is 5.69 Å². The molecule has 3 rings (SSSR count). The smallest absolute Gasteiger partial charge is 0.281 e. The van der Waals surface area contributed by atoms with Crippen molar-refractivity contribution in [3.05, 3.63) is 53.0 Å². The highest BCUT2D eigenvalue weighted by molar-refractivity contribution is 7.80. The summed E-state index contributed by atoms with van der Waals surface area (Å²) in [5.74, 6) is -0.161. The van der Waals surface area contributed by atoms with Gasteiger partial charge in [0.2, 0.25) is 0 Å². The monoisotopic (exact) mass is 326 g/mol. The van der Waals surface area contributed by atoms with E-state index in [2.05, 4.69) is 29.5 Å². The summed E-state index contributed by atoms with van der Waals surface area (Å²) in [5, 5.41) is 7.64. The van der Waals surface area contributed by atoms with Gasteiger partial charge < -0.3 is 5.32 Å². The molecule has 0 unspecified atom stereocenters. The molecule has 6 heteroatoms. The van der Waals surface area contributed by atoms with Crippen LogP contribution in [0.3, 0.4) is 0 Å². The van der Waals surface area contributed by atoms with Gasteiger partial charge in [0, 0.05) is 13.2 Å². The number of nitrogens with one attached hydrogen (secondary N) is 1. The summed E-state index contributed by atoms with van der Waals surface area (Å²) in [6.07, 6.45) is 4.60. The maximum absolute atomic E-state index is 12.7. The number of anilines is 1. The molecule has 0 radical (unpaired) electrons. The Labute approximate surface area is 140 Å². The van der Waals surface area contributed by atoms with Gasteiger partial charge in [-0.2, -0.15) is 5.10 Å². The number of aryl methyl sites for hydroxylation is 3. The van der Waals surface area contributed by atoms with Gasteiger partial charge in [0.1, 0.15) is 5.70 Å². The molecule has 0 atom stereocenters. The molecule has 1 N–H and O–H groups in total. The average molecular weight is 326 g/mol. The first-order valence-corrected chi connectivity index (χ1v) is 7.86. The lowest BCUT2D eigenvalue weighted by molar-refractivity contribution is -0.113. The van der Waals surface area contributed by atoms with Gasteiger partial charge in [0.15, 0.2) is 5.11 Å². The third-order valence-corrected chi connectivity index (χ3v) is 4.09. The van der Waals surface area contributed by atoms with E-state index in [1.54, 1.807) is 10.9 Å². The predicted molar refractivity (Wildman–Crippen MR) is 95.0 cm³/mol. The van der Waals surface area contributed by atoms with Crippen LogP contribution in [0.5, 0.6) is 0 Å². The third kappa shape index (κ3) is 2.90. The Hall–Kier alpha value is -2.47. The molecule has 1 amide bonds. The predicted octanol–water partition coefficient (Wildman–Crippen LogP) is 2.55. The number of rotatable bonds is 3. The van der Waals surface area contributed by atoms with E-state index in [1.165, 1.54) is 10.5 Å². The van der Waals surface area contributed by atoms with Gasteiger partial charge in [-0.25, -0.2) is 4.90 Å². The fourth-order valence-electron chi connectivity index (χ4n) is 2.58. The van der Waals surface area contributed by atoms with Crippen molar-refractivity contribution in [2.45, 2.75) is 20.3 Å². The first-order chi connectivity index (χ1) is 11.0. The average Bonchev–Trinajstić information content (AvgIpc) is 2.99. The molecule has 0 aliphatic carbocycles. The summed E-state index contributed by atoms with van der Waals surface area (Å²) >= 11 is 5.32. The van der Waals surface area contributed by atoms with Crippen molar-refractivity contribution in [2.75, 3.05) is 4.90 Å². The van der Waals surface area contributed by atoms with Gasteiger partial charge >= 0.3 is 0 Å². The van der Waals surface area contributed by atoms with Crippen molar-refractivity contribution in [3.8, 4) is 0 Å². The molecule has 5 nitrogen and oxygen atoms in total. The summed E-state index contributed by atoms with van der Waals surface area (Å²) in [6.45, 7) is 3.97. The number of amides is 1. The van der Waals surface area contributed by atoms with Crippen LogP contribution < -0.4 is 10.2 Å². The van der Waals surface area contributed by atoms with Crippen LogP contribution in [0.15, 0.2) is 36.2 Å². The van der Waals surface area contributed by atoms with E-state index in [0.717, 1.165) is 17.7 Å². The molecule has 1 saturated heterocycles. The largest absolute Gasteiger partial charge is 0.327 e. The van der Waals surface area contributed by atoms with Gasteiger partial charge in [-0.15, -0.1) is 0 Å². The number of hydrogen-bond donors (Lipinski definition) is 1. The molecule has 1 aliphatic heterocycles. The first-order valence-electron chi connectivity index (χ1n) is 7.46. The van der Waals surface area contributed by atoms with Crippen LogP contribution in [-0.4, -0.2) is 20.8 Å². The maximum atomic E-state index is 12.7. The highest BCUT2D eigenvalue weighted by Crippen LogP contribution is 2.24. The number of nitrogens with zero attached hydrogens (tertiary/aromatic N) is 3. The molecular formula is C17H18N4OS. The summed E-state index contributed by atoms with van der Waals surface area (Å²) < 4.78 is 1.67. The van der Waals surface area contributed by atoms with E-state index in [1.807, 2.05) is 32.2 Å². The zero-order valence-electron chi connectivity index (χ0n) is 13.3. The number of aromatic nitrogens is 2. The second-order valence-corrected chi connectivity index (χ2v) is 5.88. The molecule has 1 aromatic carbocycles. The Morgan fingerprint density at radius 1 is 1.30 bits per heavy atom. The SMILES string of the molecule is CCc1ccc(/C=C2/NC(=S)N(c3cn(C)nc3C)C2=O)cc1. The molecule has 23 heavy (non-hydrogen) atoms. The molecule has 2 aromatic rings. The van der Waals surface area contributed by atoms with Crippen molar-refractivity contribution < 1.29 is 4.79 Å². The first kappa shape index (κ1) is 15.4. The zero-order valence-corrected chi connectivity index (χ0v) is 14.1. The number of hydrogen-bond acceptors (Lipinski definition) is 3. The van der Waals surface area contributed by atoms with Gasteiger partial charge in [0.25, 0.3) is 5.91 Å². The van der Waals surface area contributed by atoms with Crippen LogP contribution in [0.1, 0.15) is 23.7 Å². The van der Waals surface area contributed by atoms with Crippen LogP contribution in [0.25, 0.3) is 6.08 Å². The highest BCUT2D eigenvalue weighted by Gasteiger charge is 2.33. The molecule has 1 aliphatic rings. The van der Waals surface area contributed by atoms with E-state index in [4.69, 9.17) is 12.2 Å². The molecular weight excluding hydrogens is 308 g/mol. The topological polar surface area (TPSA) is 50.2 Å². The van der Waals surface area contributed by atoms with Crippen molar-refractivity contribution >= 4 is 35.0 Å². The van der Waals surface area contributed by atoms with E-state index in [9.17, 15) is 4.79 Å². The molecule has 0 saturated carbocycles. The quantitative estimate of drug-likeness (QED) is 0.696. The number of carbonyl (C=O) groups is 1. The van der Waals surface area contributed by atoms with Crippen LogP contribution in [0.2, 0.25) is 0 Å². The van der Waals surface area contributed by atoms with Gasteiger partial charge in [-0.3, -0.25) is 9.48 Å². The number of benzene rings is 1. The maximum Gasteiger partial charge on any atom is 0.281 e. The Bertz CT molecular complexity index is 805. The molecule has 0 spiro atoms. The third-order valence-electron chi connectivity index (χ3n) is 3.81.